The molecule has 2 aliphatic heterocycles. The lowest BCUT2D eigenvalue weighted by atomic mass is 10.1. The normalized spacial score (nSPS) is 13.3. The molecule has 0 bridgehead atoms. The van der Waals surface area contributed by atoms with Crippen LogP contribution < -0.4 is 34.6 Å². The SMILES string of the molecule is COc1ccc(NC(=O)N(Cc2ccc3c(c2)OCO3)Cc2cc3cc4c(cc3[nH]c2=O)OCCO4)cc1. The summed E-state index contributed by atoms with van der Waals surface area (Å²) in [4.78, 5) is 31.0. The van der Waals surface area contributed by atoms with Gasteiger partial charge in [-0.3, -0.25) is 4.79 Å². The van der Waals surface area contributed by atoms with E-state index in [2.05, 4.69) is 10.3 Å². The number of aromatic amines is 1. The minimum absolute atomic E-state index is 0.0656. The summed E-state index contributed by atoms with van der Waals surface area (Å²) in [6, 6.07) is 17.6. The maximum atomic E-state index is 13.5. The number of nitrogens with one attached hydrogen (secondary N) is 2. The van der Waals surface area contributed by atoms with E-state index >= 15 is 0 Å². The summed E-state index contributed by atoms with van der Waals surface area (Å²) in [5.41, 5.74) is 2.20. The van der Waals surface area contributed by atoms with E-state index < -0.39 is 0 Å². The average molecular weight is 516 g/mol. The number of nitrogens with zero attached hydrogens (tertiary/aromatic N) is 1. The quantitative estimate of drug-likeness (QED) is 0.395. The van der Waals surface area contributed by atoms with Gasteiger partial charge < -0.3 is 38.9 Å². The van der Waals surface area contributed by atoms with Crippen LogP contribution in [0.1, 0.15) is 11.1 Å². The van der Waals surface area contributed by atoms with Gasteiger partial charge >= 0.3 is 6.03 Å². The Morgan fingerprint density at radius 1 is 0.895 bits per heavy atom. The van der Waals surface area contributed by atoms with Crippen LogP contribution in [0.4, 0.5) is 10.5 Å². The van der Waals surface area contributed by atoms with Crippen LogP contribution in [-0.2, 0) is 13.1 Å². The van der Waals surface area contributed by atoms with Gasteiger partial charge in [0.1, 0.15) is 19.0 Å². The van der Waals surface area contributed by atoms with Crippen molar-refractivity contribution >= 4 is 22.6 Å². The van der Waals surface area contributed by atoms with Gasteiger partial charge in [-0.25, -0.2) is 4.79 Å². The maximum absolute atomic E-state index is 13.5. The number of aromatic nitrogens is 1. The topological polar surface area (TPSA) is 111 Å². The fourth-order valence-electron chi connectivity index (χ4n) is 4.45. The van der Waals surface area contributed by atoms with Gasteiger partial charge in [-0.1, -0.05) is 6.07 Å². The Bertz CT molecular complexity index is 1570. The molecule has 0 saturated carbocycles. The van der Waals surface area contributed by atoms with Crippen molar-refractivity contribution in [2.24, 2.45) is 0 Å². The molecule has 2 aliphatic rings. The minimum Gasteiger partial charge on any atom is -0.497 e. The van der Waals surface area contributed by atoms with E-state index in [1.807, 2.05) is 24.3 Å². The van der Waals surface area contributed by atoms with E-state index in [1.165, 1.54) is 0 Å². The average Bonchev–Trinajstić information content (AvgIpc) is 3.40. The Morgan fingerprint density at radius 2 is 1.63 bits per heavy atom. The van der Waals surface area contributed by atoms with Crippen LogP contribution in [0.2, 0.25) is 0 Å². The summed E-state index contributed by atoms with van der Waals surface area (Å²) in [5.74, 6) is 3.17. The number of carbonyl (C=O) groups excluding carboxylic acids is 1. The summed E-state index contributed by atoms with van der Waals surface area (Å²) in [7, 11) is 1.58. The number of benzene rings is 3. The third kappa shape index (κ3) is 4.75. The second-order valence-corrected chi connectivity index (χ2v) is 8.91. The first-order chi connectivity index (χ1) is 18.6. The fourth-order valence-corrected chi connectivity index (χ4v) is 4.45. The molecule has 10 heteroatoms. The first-order valence-corrected chi connectivity index (χ1v) is 12.1. The number of fused-ring (bicyclic) bond motifs is 3. The van der Waals surface area contributed by atoms with Crippen molar-refractivity contribution in [3.05, 3.63) is 82.1 Å². The molecule has 0 spiro atoms. The highest BCUT2D eigenvalue weighted by atomic mass is 16.7. The molecule has 194 valence electrons. The van der Waals surface area contributed by atoms with Gasteiger partial charge in [0.25, 0.3) is 5.56 Å². The number of hydrogen-bond acceptors (Lipinski definition) is 7. The van der Waals surface area contributed by atoms with Crippen molar-refractivity contribution < 1.29 is 28.5 Å². The lowest BCUT2D eigenvalue weighted by Crippen LogP contribution is -2.35. The standard InChI is InChI=1S/C28H25N3O7/c1-34-21-5-3-20(4-6-21)29-28(33)31(14-17-2-7-23-24(10-17)38-16-37-23)15-19-11-18-12-25-26(36-9-8-35-25)13-22(18)30-27(19)32/h2-7,10-13H,8-9,14-16H2,1H3,(H,29,33)(H,30,32). The van der Waals surface area contributed by atoms with E-state index in [4.69, 9.17) is 23.7 Å². The van der Waals surface area contributed by atoms with E-state index in [-0.39, 0.29) is 31.5 Å². The third-order valence-corrected chi connectivity index (χ3v) is 6.38. The van der Waals surface area contributed by atoms with Crippen molar-refractivity contribution in [3.63, 3.8) is 0 Å². The lowest BCUT2D eigenvalue weighted by Gasteiger charge is -2.24. The zero-order chi connectivity index (χ0) is 26.1. The van der Waals surface area contributed by atoms with Gasteiger partial charge in [0, 0.05) is 29.2 Å². The molecule has 3 heterocycles. The number of anilines is 1. The van der Waals surface area contributed by atoms with Gasteiger partial charge in [-0.05, 0) is 54.1 Å². The molecular formula is C28H25N3O7. The van der Waals surface area contributed by atoms with Crippen molar-refractivity contribution in [3.8, 4) is 28.7 Å². The second-order valence-electron chi connectivity index (χ2n) is 8.91. The number of carbonyl (C=O) groups is 1. The summed E-state index contributed by atoms with van der Waals surface area (Å²) in [6.45, 7) is 1.38. The zero-order valence-electron chi connectivity index (χ0n) is 20.6. The zero-order valence-corrected chi connectivity index (χ0v) is 20.6. The summed E-state index contributed by atoms with van der Waals surface area (Å²) < 4.78 is 27.4. The molecule has 2 N–H and O–H groups in total. The van der Waals surface area contributed by atoms with Gasteiger partial charge in [0.15, 0.2) is 23.0 Å². The maximum Gasteiger partial charge on any atom is 0.322 e. The number of hydrogen-bond donors (Lipinski definition) is 2. The molecular weight excluding hydrogens is 490 g/mol. The van der Waals surface area contributed by atoms with Gasteiger partial charge in [-0.15, -0.1) is 0 Å². The van der Waals surface area contributed by atoms with E-state index in [0.717, 1.165) is 10.9 Å². The number of methoxy groups -OCH3 is 1. The van der Waals surface area contributed by atoms with Crippen molar-refractivity contribution in [1.29, 1.82) is 0 Å². The van der Waals surface area contributed by atoms with Crippen LogP contribution in [0.5, 0.6) is 28.7 Å². The molecule has 1 aromatic heterocycles. The van der Waals surface area contributed by atoms with Gasteiger partial charge in [0.05, 0.1) is 19.2 Å². The molecule has 0 unspecified atom stereocenters. The monoisotopic (exact) mass is 515 g/mol. The minimum atomic E-state index is -0.366. The van der Waals surface area contributed by atoms with Gasteiger partial charge in [-0.2, -0.15) is 0 Å². The first kappa shape index (κ1) is 23.5. The molecule has 4 aromatic rings. The van der Waals surface area contributed by atoms with Crippen molar-refractivity contribution in [1.82, 2.24) is 9.88 Å². The predicted molar refractivity (Wildman–Crippen MR) is 139 cm³/mol. The largest absolute Gasteiger partial charge is 0.497 e. The highest BCUT2D eigenvalue weighted by Gasteiger charge is 2.21. The molecule has 38 heavy (non-hydrogen) atoms. The summed E-state index contributed by atoms with van der Waals surface area (Å²) in [5, 5.41) is 3.69. The number of ether oxygens (including phenoxy) is 5. The molecule has 3 aromatic carbocycles. The van der Waals surface area contributed by atoms with E-state index in [0.29, 0.717) is 58.7 Å². The number of H-pyrrole nitrogens is 1. The van der Waals surface area contributed by atoms with Crippen LogP contribution in [-0.4, -0.2) is 43.0 Å². The molecule has 10 nitrogen and oxygen atoms in total. The number of rotatable bonds is 6. The predicted octanol–water partition coefficient (Wildman–Crippen LogP) is 4.27. The Labute approximate surface area is 217 Å². The molecule has 0 saturated heterocycles. The van der Waals surface area contributed by atoms with Crippen molar-refractivity contribution in [2.45, 2.75) is 13.1 Å². The third-order valence-electron chi connectivity index (χ3n) is 6.38. The molecule has 6 rings (SSSR count). The van der Waals surface area contributed by atoms with Crippen LogP contribution in [0, 0.1) is 0 Å². The Balaban J connectivity index is 1.31. The molecule has 0 fully saturated rings. The Morgan fingerprint density at radius 3 is 2.42 bits per heavy atom. The summed E-state index contributed by atoms with van der Waals surface area (Å²) >= 11 is 0. The molecule has 0 radical (unpaired) electrons. The number of amides is 2. The molecule has 0 aliphatic carbocycles. The summed E-state index contributed by atoms with van der Waals surface area (Å²) in [6.07, 6.45) is 0. The first-order valence-electron chi connectivity index (χ1n) is 12.1. The Kier molecular flexibility index (Phi) is 6.12. The second kappa shape index (κ2) is 9.89. The van der Waals surface area contributed by atoms with Gasteiger partial charge in [0.2, 0.25) is 6.79 Å². The van der Waals surface area contributed by atoms with Crippen LogP contribution in [0.25, 0.3) is 10.9 Å². The molecule has 2 amide bonds. The smallest absolute Gasteiger partial charge is 0.322 e. The molecule has 0 atom stereocenters. The van der Waals surface area contributed by atoms with E-state index in [1.54, 1.807) is 48.4 Å². The number of pyridine rings is 1. The lowest BCUT2D eigenvalue weighted by molar-refractivity contribution is 0.172. The van der Waals surface area contributed by atoms with Crippen LogP contribution >= 0.6 is 0 Å². The van der Waals surface area contributed by atoms with Crippen molar-refractivity contribution in [2.75, 3.05) is 32.4 Å². The fraction of sp³-hybridized carbons (Fsp3) is 0.214. The highest BCUT2D eigenvalue weighted by Crippen LogP contribution is 2.34. The van der Waals surface area contributed by atoms with Crippen LogP contribution in [0.3, 0.4) is 0 Å². The Hall–Kier alpha value is -4.86. The van der Waals surface area contributed by atoms with E-state index in [9.17, 15) is 9.59 Å². The van der Waals surface area contributed by atoms with Crippen LogP contribution in [0.15, 0.2) is 65.5 Å². The highest BCUT2D eigenvalue weighted by molar-refractivity contribution is 5.89. The number of urea groups is 1.